The Morgan fingerprint density at radius 2 is 2.04 bits per heavy atom. The molecule has 126 valence electrons. The zero-order chi connectivity index (χ0) is 16.8. The van der Waals surface area contributed by atoms with Gasteiger partial charge in [-0.05, 0) is 30.7 Å². The molecule has 24 heavy (non-hydrogen) atoms. The Morgan fingerprint density at radius 1 is 1.21 bits per heavy atom. The third-order valence-electron chi connectivity index (χ3n) is 4.06. The van der Waals surface area contributed by atoms with Crippen molar-refractivity contribution in [2.75, 3.05) is 13.1 Å². The van der Waals surface area contributed by atoms with Gasteiger partial charge in [-0.2, -0.15) is 0 Å². The van der Waals surface area contributed by atoms with Crippen LogP contribution in [-0.4, -0.2) is 37.0 Å². The first-order chi connectivity index (χ1) is 11.7. The van der Waals surface area contributed by atoms with Crippen molar-refractivity contribution in [1.82, 2.24) is 16.0 Å². The van der Waals surface area contributed by atoms with E-state index in [0.717, 1.165) is 25.1 Å². The molecule has 6 heteroatoms. The number of benzene rings is 1. The molecule has 0 radical (unpaired) electrons. The summed E-state index contributed by atoms with van der Waals surface area (Å²) < 4.78 is 5.11. The third-order valence-corrected chi connectivity index (χ3v) is 4.06. The summed E-state index contributed by atoms with van der Waals surface area (Å²) in [5.41, 5.74) is 0.988. The Bertz CT molecular complexity index is 664. The number of furan rings is 1. The van der Waals surface area contributed by atoms with Crippen LogP contribution in [0.25, 0.3) is 0 Å². The molecule has 3 rings (SSSR count). The maximum atomic E-state index is 12.6. The Kier molecular flexibility index (Phi) is 5.28. The van der Waals surface area contributed by atoms with Gasteiger partial charge < -0.3 is 20.4 Å². The first kappa shape index (κ1) is 16.3. The van der Waals surface area contributed by atoms with Gasteiger partial charge in [-0.1, -0.05) is 30.3 Å². The van der Waals surface area contributed by atoms with Crippen molar-refractivity contribution in [3.63, 3.8) is 0 Å². The molecule has 2 amide bonds. The van der Waals surface area contributed by atoms with Gasteiger partial charge in [-0.15, -0.1) is 0 Å². The van der Waals surface area contributed by atoms with Crippen LogP contribution < -0.4 is 16.0 Å². The molecular weight excluding hydrogens is 306 g/mol. The molecule has 1 aromatic heterocycles. The smallest absolute Gasteiger partial charge is 0.287 e. The molecule has 0 spiro atoms. The number of hydrogen-bond acceptors (Lipinski definition) is 4. The minimum Gasteiger partial charge on any atom is -0.459 e. The van der Waals surface area contributed by atoms with E-state index in [9.17, 15) is 9.59 Å². The molecule has 1 aromatic carbocycles. The summed E-state index contributed by atoms with van der Waals surface area (Å²) in [6, 6.07) is 12.3. The van der Waals surface area contributed by atoms with Gasteiger partial charge in [-0.25, -0.2) is 0 Å². The van der Waals surface area contributed by atoms with Crippen LogP contribution in [0.1, 0.15) is 22.5 Å². The molecule has 2 unspecified atom stereocenters. The van der Waals surface area contributed by atoms with Crippen LogP contribution >= 0.6 is 0 Å². The monoisotopic (exact) mass is 327 g/mol. The Labute approximate surface area is 140 Å². The molecular formula is C18H21N3O3. The normalized spacial score (nSPS) is 18.1. The van der Waals surface area contributed by atoms with Gasteiger partial charge in [0.05, 0.1) is 6.26 Å². The van der Waals surface area contributed by atoms with E-state index in [0.29, 0.717) is 6.42 Å². The highest BCUT2D eigenvalue weighted by atomic mass is 16.3. The SMILES string of the molecule is O=C(NC(Cc1ccccc1)C(=O)NC1CCNC1)c1ccco1. The molecule has 0 aliphatic carbocycles. The van der Waals surface area contributed by atoms with Crippen molar-refractivity contribution >= 4 is 11.8 Å². The first-order valence-electron chi connectivity index (χ1n) is 8.12. The third kappa shape index (κ3) is 4.23. The van der Waals surface area contributed by atoms with E-state index in [-0.39, 0.29) is 23.6 Å². The summed E-state index contributed by atoms with van der Waals surface area (Å²) in [7, 11) is 0. The molecule has 3 N–H and O–H groups in total. The predicted octanol–water partition coefficient (Wildman–Crippen LogP) is 1.10. The number of rotatable bonds is 6. The highest BCUT2D eigenvalue weighted by Crippen LogP contribution is 2.07. The van der Waals surface area contributed by atoms with Crippen LogP contribution in [0.4, 0.5) is 0 Å². The molecule has 2 aromatic rings. The van der Waals surface area contributed by atoms with Crippen molar-refractivity contribution in [3.05, 3.63) is 60.1 Å². The topological polar surface area (TPSA) is 83.4 Å². The summed E-state index contributed by atoms with van der Waals surface area (Å²) >= 11 is 0. The zero-order valence-electron chi connectivity index (χ0n) is 13.3. The number of carbonyl (C=O) groups excluding carboxylic acids is 2. The number of carbonyl (C=O) groups is 2. The maximum Gasteiger partial charge on any atom is 0.287 e. The van der Waals surface area contributed by atoms with E-state index in [2.05, 4.69) is 16.0 Å². The van der Waals surface area contributed by atoms with Crippen LogP contribution in [-0.2, 0) is 11.2 Å². The molecule has 2 heterocycles. The van der Waals surface area contributed by atoms with Crippen molar-refractivity contribution in [2.45, 2.75) is 24.9 Å². The quantitative estimate of drug-likeness (QED) is 0.742. The van der Waals surface area contributed by atoms with Crippen molar-refractivity contribution in [2.24, 2.45) is 0 Å². The van der Waals surface area contributed by atoms with E-state index < -0.39 is 6.04 Å². The second-order valence-corrected chi connectivity index (χ2v) is 5.89. The number of hydrogen-bond donors (Lipinski definition) is 3. The summed E-state index contributed by atoms with van der Waals surface area (Å²) in [6.07, 6.45) is 2.76. The first-order valence-corrected chi connectivity index (χ1v) is 8.12. The molecule has 0 bridgehead atoms. The second kappa shape index (κ2) is 7.79. The second-order valence-electron chi connectivity index (χ2n) is 5.89. The van der Waals surface area contributed by atoms with Crippen LogP contribution in [0.15, 0.2) is 53.1 Å². The Morgan fingerprint density at radius 3 is 2.71 bits per heavy atom. The van der Waals surface area contributed by atoms with Gasteiger partial charge in [0.1, 0.15) is 6.04 Å². The lowest BCUT2D eigenvalue weighted by atomic mass is 10.0. The predicted molar refractivity (Wildman–Crippen MR) is 89.5 cm³/mol. The summed E-state index contributed by atoms with van der Waals surface area (Å²) in [5, 5.41) is 8.99. The lowest BCUT2D eigenvalue weighted by molar-refractivity contribution is -0.123. The van der Waals surface area contributed by atoms with Crippen LogP contribution in [0.5, 0.6) is 0 Å². The summed E-state index contributed by atoms with van der Waals surface area (Å²) in [5.74, 6) is -0.364. The minimum absolute atomic E-state index is 0.108. The van der Waals surface area contributed by atoms with Crippen LogP contribution in [0.2, 0.25) is 0 Å². The van der Waals surface area contributed by atoms with Crippen LogP contribution in [0, 0.1) is 0 Å². The molecule has 1 saturated heterocycles. The number of amides is 2. The molecule has 0 saturated carbocycles. The lowest BCUT2D eigenvalue weighted by Gasteiger charge is -2.20. The molecule has 2 atom stereocenters. The summed E-state index contributed by atoms with van der Waals surface area (Å²) in [6.45, 7) is 1.66. The van der Waals surface area contributed by atoms with Gasteiger partial charge in [0.25, 0.3) is 5.91 Å². The zero-order valence-corrected chi connectivity index (χ0v) is 13.3. The van der Waals surface area contributed by atoms with E-state index >= 15 is 0 Å². The van der Waals surface area contributed by atoms with Crippen LogP contribution in [0.3, 0.4) is 0 Å². The fourth-order valence-corrected chi connectivity index (χ4v) is 2.78. The molecule has 1 aliphatic rings. The van der Waals surface area contributed by atoms with Crippen molar-refractivity contribution < 1.29 is 14.0 Å². The van der Waals surface area contributed by atoms with Gasteiger partial charge in [0.15, 0.2) is 5.76 Å². The summed E-state index contributed by atoms with van der Waals surface area (Å²) in [4.78, 5) is 24.9. The standard InChI is InChI=1S/C18H21N3O3/c22-17(20-14-8-9-19-12-14)15(11-13-5-2-1-3-6-13)21-18(23)16-7-4-10-24-16/h1-7,10,14-15,19H,8-9,11-12H2,(H,20,22)(H,21,23). The molecule has 1 aliphatic heterocycles. The van der Waals surface area contributed by atoms with E-state index in [4.69, 9.17) is 4.42 Å². The highest BCUT2D eigenvalue weighted by molar-refractivity contribution is 5.95. The Hall–Kier alpha value is -2.60. The lowest BCUT2D eigenvalue weighted by Crippen LogP contribution is -2.51. The number of nitrogens with one attached hydrogen (secondary N) is 3. The van der Waals surface area contributed by atoms with Gasteiger partial charge in [-0.3, -0.25) is 9.59 Å². The van der Waals surface area contributed by atoms with Crippen molar-refractivity contribution in [3.8, 4) is 0 Å². The van der Waals surface area contributed by atoms with E-state index in [1.165, 1.54) is 6.26 Å². The largest absolute Gasteiger partial charge is 0.459 e. The minimum atomic E-state index is -0.648. The average Bonchev–Trinajstić information content (AvgIpc) is 3.29. The van der Waals surface area contributed by atoms with E-state index in [1.54, 1.807) is 12.1 Å². The fourth-order valence-electron chi connectivity index (χ4n) is 2.78. The van der Waals surface area contributed by atoms with Crippen molar-refractivity contribution in [1.29, 1.82) is 0 Å². The van der Waals surface area contributed by atoms with E-state index in [1.807, 2.05) is 30.3 Å². The van der Waals surface area contributed by atoms with Gasteiger partial charge in [0, 0.05) is 19.0 Å². The Balaban J connectivity index is 1.69. The highest BCUT2D eigenvalue weighted by Gasteiger charge is 2.26. The maximum absolute atomic E-state index is 12.6. The van der Waals surface area contributed by atoms with Gasteiger partial charge >= 0.3 is 0 Å². The fraction of sp³-hybridized carbons (Fsp3) is 0.333. The molecule has 6 nitrogen and oxygen atoms in total. The average molecular weight is 327 g/mol. The molecule has 1 fully saturated rings. The van der Waals surface area contributed by atoms with Gasteiger partial charge in [0.2, 0.25) is 5.91 Å².